The van der Waals surface area contributed by atoms with Gasteiger partial charge in [-0.25, -0.2) is 13.4 Å². The summed E-state index contributed by atoms with van der Waals surface area (Å²) < 4.78 is 36.0. The van der Waals surface area contributed by atoms with E-state index in [0.29, 0.717) is 61.0 Å². The summed E-state index contributed by atoms with van der Waals surface area (Å²) in [6, 6.07) is 4.85. The molecule has 192 valence electrons. The average Bonchev–Trinajstić information content (AvgIpc) is 3.15. The molecule has 1 aliphatic heterocycles. The Balaban J connectivity index is 0.00000342. The van der Waals surface area contributed by atoms with Crippen molar-refractivity contribution in [1.82, 2.24) is 23.6 Å². The molecule has 0 amide bonds. The minimum atomic E-state index is -3.68. The summed E-state index contributed by atoms with van der Waals surface area (Å²) in [5, 5.41) is 0. The van der Waals surface area contributed by atoms with Gasteiger partial charge in [0.05, 0.1) is 22.9 Å². The van der Waals surface area contributed by atoms with Crippen molar-refractivity contribution >= 4 is 27.9 Å². The highest BCUT2D eigenvalue weighted by molar-refractivity contribution is 7.89. The largest absolute Gasteiger partial charge is 0.493 e. The second-order valence-electron chi connectivity index (χ2n) is 8.51. The summed E-state index contributed by atoms with van der Waals surface area (Å²) in [6.07, 6.45) is 3.44. The number of hydrogen-bond acceptors (Lipinski definition) is 6. The molecule has 9 nitrogen and oxygen atoms in total. The zero-order chi connectivity index (χ0) is 24.5. The van der Waals surface area contributed by atoms with Gasteiger partial charge in [-0.2, -0.15) is 4.31 Å². The number of likely N-dealkylation sites (N-methyl/N-ethyl adjacent to an activating group) is 1. The van der Waals surface area contributed by atoms with Crippen LogP contribution in [0, 0.1) is 6.92 Å². The van der Waals surface area contributed by atoms with Gasteiger partial charge in [-0.15, -0.1) is 12.4 Å². The van der Waals surface area contributed by atoms with Crippen molar-refractivity contribution in [3.63, 3.8) is 0 Å². The zero-order valence-electron chi connectivity index (χ0n) is 20.7. The lowest BCUT2D eigenvalue weighted by molar-refractivity contribution is 0.196. The summed E-state index contributed by atoms with van der Waals surface area (Å²) >= 11 is 0. The topological polar surface area (TPSA) is 100 Å². The predicted molar refractivity (Wildman–Crippen MR) is 139 cm³/mol. The van der Waals surface area contributed by atoms with Gasteiger partial charge in [0.2, 0.25) is 10.0 Å². The molecule has 1 aromatic carbocycles. The van der Waals surface area contributed by atoms with Gasteiger partial charge in [0.1, 0.15) is 17.1 Å². The van der Waals surface area contributed by atoms with E-state index in [2.05, 4.69) is 28.7 Å². The van der Waals surface area contributed by atoms with Gasteiger partial charge >= 0.3 is 0 Å². The molecule has 0 atom stereocenters. The van der Waals surface area contributed by atoms with Gasteiger partial charge in [0.15, 0.2) is 0 Å². The molecule has 35 heavy (non-hydrogen) atoms. The van der Waals surface area contributed by atoms with E-state index >= 15 is 0 Å². The van der Waals surface area contributed by atoms with E-state index in [1.807, 2.05) is 24.4 Å². The Morgan fingerprint density at radius 2 is 1.83 bits per heavy atom. The van der Waals surface area contributed by atoms with E-state index in [0.717, 1.165) is 25.2 Å². The molecule has 1 aliphatic rings. The van der Waals surface area contributed by atoms with Crippen LogP contribution in [0.1, 0.15) is 38.7 Å². The molecule has 4 rings (SSSR count). The first-order chi connectivity index (χ1) is 16.3. The molecule has 1 fully saturated rings. The average molecular weight is 524 g/mol. The number of halogens is 1. The van der Waals surface area contributed by atoms with Crippen LogP contribution in [-0.4, -0.2) is 71.3 Å². The Bertz CT molecular complexity index is 1340. The SMILES string of the molecule is CCCc1nc(C)c2c(=O)[nH]c(-c3cc(S(=O)(=O)N4CCN(CC)CC4)ccc3OCC)cn12.Cl. The molecule has 0 bridgehead atoms. The van der Waals surface area contributed by atoms with Crippen LogP contribution < -0.4 is 10.3 Å². The smallest absolute Gasteiger partial charge is 0.274 e. The number of piperazine rings is 1. The molecule has 1 N–H and O–H groups in total. The molecule has 0 radical (unpaired) electrons. The lowest BCUT2D eigenvalue weighted by Gasteiger charge is -2.33. The maximum atomic E-state index is 13.4. The lowest BCUT2D eigenvalue weighted by atomic mass is 10.1. The van der Waals surface area contributed by atoms with Crippen LogP contribution in [0.3, 0.4) is 0 Å². The molecule has 0 aliphatic carbocycles. The second-order valence-corrected chi connectivity index (χ2v) is 10.4. The highest BCUT2D eigenvalue weighted by atomic mass is 35.5. The Kier molecular flexibility index (Phi) is 8.63. The van der Waals surface area contributed by atoms with E-state index < -0.39 is 10.0 Å². The number of ether oxygens (including phenoxy) is 1. The van der Waals surface area contributed by atoms with E-state index in [1.165, 1.54) is 4.31 Å². The Morgan fingerprint density at radius 1 is 1.11 bits per heavy atom. The van der Waals surface area contributed by atoms with Crippen molar-refractivity contribution in [1.29, 1.82) is 0 Å². The third kappa shape index (κ3) is 5.25. The van der Waals surface area contributed by atoms with Gasteiger partial charge in [-0.3, -0.25) is 9.20 Å². The minimum absolute atomic E-state index is 0. The molecule has 11 heteroatoms. The third-order valence-corrected chi connectivity index (χ3v) is 8.21. The number of nitrogens with one attached hydrogen (secondary N) is 1. The first kappa shape index (κ1) is 27.2. The Labute approximate surface area is 212 Å². The molecule has 3 heterocycles. The van der Waals surface area contributed by atoms with Crippen LogP contribution in [-0.2, 0) is 16.4 Å². The first-order valence-corrected chi connectivity index (χ1v) is 13.3. The van der Waals surface area contributed by atoms with Crippen molar-refractivity contribution in [2.75, 3.05) is 39.3 Å². The number of hydrogen-bond donors (Lipinski definition) is 1. The van der Waals surface area contributed by atoms with Crippen molar-refractivity contribution < 1.29 is 13.2 Å². The number of aryl methyl sites for hydroxylation is 2. The number of rotatable bonds is 8. The molecular weight excluding hydrogens is 490 g/mol. The number of aromatic nitrogens is 3. The van der Waals surface area contributed by atoms with Gasteiger partial charge in [-0.1, -0.05) is 13.8 Å². The van der Waals surface area contributed by atoms with E-state index in [9.17, 15) is 13.2 Å². The molecule has 0 spiro atoms. The maximum absolute atomic E-state index is 13.4. The summed E-state index contributed by atoms with van der Waals surface area (Å²) in [4.78, 5) is 22.9. The van der Waals surface area contributed by atoms with Crippen LogP contribution in [0.25, 0.3) is 16.8 Å². The van der Waals surface area contributed by atoms with E-state index in [4.69, 9.17) is 4.74 Å². The highest BCUT2D eigenvalue weighted by Crippen LogP contribution is 2.32. The fraction of sp³-hybridized carbons (Fsp3) is 0.500. The Hall–Kier alpha value is -2.40. The molecule has 0 saturated carbocycles. The van der Waals surface area contributed by atoms with E-state index in [1.54, 1.807) is 18.2 Å². The quantitative estimate of drug-likeness (QED) is 0.487. The lowest BCUT2D eigenvalue weighted by Crippen LogP contribution is -2.48. The number of aromatic amines is 1. The molecule has 3 aromatic rings. The van der Waals surface area contributed by atoms with Gasteiger partial charge in [0, 0.05) is 44.4 Å². The number of imidazole rings is 1. The third-order valence-electron chi connectivity index (χ3n) is 6.31. The predicted octanol–water partition coefficient (Wildman–Crippen LogP) is 3.10. The summed E-state index contributed by atoms with van der Waals surface area (Å²) in [5.74, 6) is 1.32. The van der Waals surface area contributed by atoms with Crippen molar-refractivity contribution in [3.05, 3.63) is 46.3 Å². The van der Waals surface area contributed by atoms with Crippen LogP contribution in [0.15, 0.2) is 34.1 Å². The van der Waals surface area contributed by atoms with E-state index in [-0.39, 0.29) is 22.9 Å². The van der Waals surface area contributed by atoms with Gasteiger partial charge in [-0.05, 0) is 45.0 Å². The highest BCUT2D eigenvalue weighted by Gasteiger charge is 2.29. The maximum Gasteiger partial charge on any atom is 0.274 e. The van der Waals surface area contributed by atoms with Crippen LogP contribution in [0.2, 0.25) is 0 Å². The van der Waals surface area contributed by atoms with Crippen LogP contribution in [0.4, 0.5) is 0 Å². The van der Waals surface area contributed by atoms with Crippen molar-refractivity contribution in [3.8, 4) is 17.0 Å². The molecule has 1 saturated heterocycles. The summed E-state index contributed by atoms with van der Waals surface area (Å²) in [6.45, 7) is 11.5. The fourth-order valence-electron chi connectivity index (χ4n) is 4.49. The molecule has 0 unspecified atom stereocenters. The zero-order valence-corrected chi connectivity index (χ0v) is 22.3. The second kappa shape index (κ2) is 11.1. The fourth-order valence-corrected chi connectivity index (χ4v) is 5.94. The summed E-state index contributed by atoms with van der Waals surface area (Å²) in [5.41, 5.74) is 1.93. The molecular formula is C24H34ClN5O4S. The van der Waals surface area contributed by atoms with Gasteiger partial charge in [0.25, 0.3) is 5.56 Å². The van der Waals surface area contributed by atoms with Crippen LogP contribution in [0.5, 0.6) is 5.75 Å². The number of H-pyrrole nitrogens is 1. The Morgan fingerprint density at radius 3 is 2.46 bits per heavy atom. The van der Waals surface area contributed by atoms with Gasteiger partial charge < -0.3 is 14.6 Å². The molecule has 2 aromatic heterocycles. The van der Waals surface area contributed by atoms with Crippen molar-refractivity contribution in [2.24, 2.45) is 0 Å². The number of benzene rings is 1. The number of sulfonamides is 1. The minimum Gasteiger partial charge on any atom is -0.493 e. The first-order valence-electron chi connectivity index (χ1n) is 11.9. The van der Waals surface area contributed by atoms with Crippen LogP contribution >= 0.6 is 12.4 Å². The van der Waals surface area contributed by atoms with Crippen molar-refractivity contribution in [2.45, 2.75) is 45.4 Å². The summed E-state index contributed by atoms with van der Waals surface area (Å²) in [7, 11) is -3.68. The monoisotopic (exact) mass is 523 g/mol. The number of nitrogens with zero attached hydrogens (tertiary/aromatic N) is 4. The standard InChI is InChI=1S/C24H33N5O4S.ClH/c1-5-8-22-25-17(4)23-24(30)26-20(16-29(22)23)19-15-18(9-10-21(19)33-7-3)34(31,32)28-13-11-27(6-2)12-14-28;/h9-10,15-16H,5-8,11-14H2,1-4H3,(H,26,30);1H. The number of fused-ring (bicyclic) bond motifs is 1. The normalized spacial score (nSPS) is 15.3.